The molecule has 1 saturated heterocycles. The fourth-order valence-electron chi connectivity index (χ4n) is 3.41. The summed E-state index contributed by atoms with van der Waals surface area (Å²) in [5, 5.41) is 3.27. The van der Waals surface area contributed by atoms with E-state index in [-0.39, 0.29) is 18.3 Å². The molecule has 1 amide bonds. The van der Waals surface area contributed by atoms with E-state index in [9.17, 15) is 4.79 Å². The Kier molecular flexibility index (Phi) is 9.94. The van der Waals surface area contributed by atoms with Gasteiger partial charge in [-0.25, -0.2) is 0 Å². The van der Waals surface area contributed by atoms with Crippen LogP contribution in [0.1, 0.15) is 17.5 Å². The lowest BCUT2D eigenvalue weighted by Crippen LogP contribution is -2.47. The van der Waals surface area contributed by atoms with E-state index in [2.05, 4.69) is 16.3 Å². The average molecular weight is 434 g/mol. The van der Waals surface area contributed by atoms with Crippen molar-refractivity contribution < 1.29 is 14.3 Å². The number of ether oxygens (including phenoxy) is 2. The lowest BCUT2D eigenvalue weighted by molar-refractivity contribution is -0.132. The molecule has 3 rings (SSSR count). The highest BCUT2D eigenvalue weighted by atomic mass is 35.5. The van der Waals surface area contributed by atoms with Crippen LogP contribution in [0.2, 0.25) is 0 Å². The van der Waals surface area contributed by atoms with Crippen molar-refractivity contribution in [1.29, 1.82) is 0 Å². The molecule has 0 radical (unpaired) electrons. The number of carbonyl (C=O) groups is 1. The molecule has 0 spiro atoms. The van der Waals surface area contributed by atoms with E-state index in [0.29, 0.717) is 13.0 Å². The lowest BCUT2D eigenvalue weighted by Gasteiger charge is -2.28. The molecule has 0 aromatic heterocycles. The molecule has 30 heavy (non-hydrogen) atoms. The zero-order valence-electron chi connectivity index (χ0n) is 17.8. The molecule has 0 bridgehead atoms. The summed E-state index contributed by atoms with van der Waals surface area (Å²) >= 11 is 0. The van der Waals surface area contributed by atoms with Gasteiger partial charge in [-0.1, -0.05) is 36.4 Å². The van der Waals surface area contributed by atoms with Gasteiger partial charge in [0.05, 0.1) is 7.11 Å². The van der Waals surface area contributed by atoms with Gasteiger partial charge < -0.3 is 24.6 Å². The largest absolute Gasteiger partial charge is 0.493 e. The van der Waals surface area contributed by atoms with Crippen molar-refractivity contribution >= 4 is 18.3 Å². The predicted octanol–water partition coefficient (Wildman–Crippen LogP) is 2.95. The second kappa shape index (κ2) is 12.4. The monoisotopic (exact) mass is 433 g/mol. The van der Waals surface area contributed by atoms with Gasteiger partial charge in [0.25, 0.3) is 0 Å². The second-order valence-corrected chi connectivity index (χ2v) is 7.38. The van der Waals surface area contributed by atoms with Gasteiger partial charge in [0.15, 0.2) is 11.5 Å². The molecule has 6 nitrogen and oxygen atoms in total. The van der Waals surface area contributed by atoms with Crippen LogP contribution in [0.4, 0.5) is 0 Å². The number of hydrogen-bond donors (Lipinski definition) is 1. The van der Waals surface area contributed by atoms with E-state index in [1.54, 1.807) is 7.11 Å². The normalized spacial score (nSPS) is 13.6. The first-order chi connectivity index (χ1) is 14.2. The topological polar surface area (TPSA) is 54.0 Å². The molecule has 1 aliphatic heterocycles. The van der Waals surface area contributed by atoms with Gasteiger partial charge in [0, 0.05) is 45.7 Å². The molecule has 1 N–H and O–H groups in total. The van der Waals surface area contributed by atoms with Crippen LogP contribution < -0.4 is 14.8 Å². The summed E-state index contributed by atoms with van der Waals surface area (Å²) < 4.78 is 11.4. The average Bonchev–Trinajstić information content (AvgIpc) is 2.77. The van der Waals surface area contributed by atoms with E-state index in [4.69, 9.17) is 9.47 Å². The first-order valence-electron chi connectivity index (χ1n) is 10.2. The highest BCUT2D eigenvalue weighted by Crippen LogP contribution is 2.29. The Morgan fingerprint density at radius 1 is 1.07 bits per heavy atom. The van der Waals surface area contributed by atoms with Gasteiger partial charge in [-0.05, 0) is 30.3 Å². The molecular weight excluding hydrogens is 402 g/mol. The van der Waals surface area contributed by atoms with Gasteiger partial charge in [0.2, 0.25) is 5.91 Å². The van der Waals surface area contributed by atoms with E-state index in [1.807, 2.05) is 54.4 Å². The fourth-order valence-corrected chi connectivity index (χ4v) is 3.41. The van der Waals surface area contributed by atoms with Gasteiger partial charge in [0.1, 0.15) is 6.61 Å². The van der Waals surface area contributed by atoms with Crippen molar-refractivity contribution in [3.63, 3.8) is 0 Å². The molecule has 0 saturated carbocycles. The quantitative estimate of drug-likeness (QED) is 0.659. The van der Waals surface area contributed by atoms with Crippen molar-refractivity contribution in [1.82, 2.24) is 15.1 Å². The van der Waals surface area contributed by atoms with Crippen LogP contribution in [0.15, 0.2) is 48.5 Å². The van der Waals surface area contributed by atoms with Crippen molar-refractivity contribution in [3.8, 4) is 11.5 Å². The highest BCUT2D eigenvalue weighted by molar-refractivity contribution is 5.85. The molecule has 0 unspecified atom stereocenters. The third-order valence-electron chi connectivity index (χ3n) is 5.09. The number of piperazine rings is 1. The van der Waals surface area contributed by atoms with E-state index >= 15 is 0 Å². The predicted molar refractivity (Wildman–Crippen MR) is 121 cm³/mol. The Labute approximate surface area is 185 Å². The first-order valence-corrected chi connectivity index (χ1v) is 10.2. The van der Waals surface area contributed by atoms with E-state index in [1.165, 1.54) is 0 Å². The molecule has 2 aromatic rings. The Balaban J connectivity index is 0.00000320. The summed E-state index contributed by atoms with van der Waals surface area (Å²) in [5.74, 6) is 1.70. The summed E-state index contributed by atoms with van der Waals surface area (Å²) in [5.41, 5.74) is 2.25. The van der Waals surface area contributed by atoms with E-state index < -0.39 is 0 Å². The van der Waals surface area contributed by atoms with Gasteiger partial charge >= 0.3 is 0 Å². The minimum atomic E-state index is 0. The Morgan fingerprint density at radius 3 is 2.50 bits per heavy atom. The molecule has 0 atom stereocenters. The standard InChI is InChI=1S/C23H31N3O3.ClH/c1-25(13-10-23(27)26-14-11-24-12-15-26)17-20-8-9-21(22(16-20)28-2)29-18-19-6-4-3-5-7-19;/h3-9,16,24H,10-15,17-18H2,1-2H3;1H. The summed E-state index contributed by atoms with van der Waals surface area (Å²) in [6.45, 7) is 5.39. The lowest BCUT2D eigenvalue weighted by atomic mass is 10.2. The summed E-state index contributed by atoms with van der Waals surface area (Å²) in [4.78, 5) is 16.4. The van der Waals surface area contributed by atoms with Crippen LogP contribution in [0.25, 0.3) is 0 Å². The Bertz CT molecular complexity index is 783. The maximum Gasteiger partial charge on any atom is 0.223 e. The number of nitrogens with zero attached hydrogens (tertiary/aromatic N) is 2. The fraction of sp³-hybridized carbons (Fsp3) is 0.435. The molecule has 1 fully saturated rings. The van der Waals surface area contributed by atoms with E-state index in [0.717, 1.165) is 61.9 Å². The summed E-state index contributed by atoms with van der Waals surface area (Å²) in [6.07, 6.45) is 0.548. The van der Waals surface area contributed by atoms with Crippen molar-refractivity contribution in [2.45, 2.75) is 19.6 Å². The minimum absolute atomic E-state index is 0. The molecule has 7 heteroatoms. The van der Waals surface area contributed by atoms with Gasteiger partial charge in [-0.3, -0.25) is 4.79 Å². The molecule has 2 aromatic carbocycles. The number of carbonyl (C=O) groups excluding carboxylic acids is 1. The zero-order valence-corrected chi connectivity index (χ0v) is 18.6. The summed E-state index contributed by atoms with van der Waals surface area (Å²) in [6, 6.07) is 16.1. The number of halogens is 1. The smallest absolute Gasteiger partial charge is 0.223 e. The number of nitrogens with one attached hydrogen (secondary N) is 1. The number of benzene rings is 2. The molecule has 1 heterocycles. The van der Waals surface area contributed by atoms with Crippen LogP contribution in [0, 0.1) is 0 Å². The van der Waals surface area contributed by atoms with Crippen molar-refractivity contribution in [2.24, 2.45) is 0 Å². The van der Waals surface area contributed by atoms with Crippen LogP contribution in [-0.4, -0.2) is 62.6 Å². The van der Waals surface area contributed by atoms with Crippen LogP contribution in [0.5, 0.6) is 11.5 Å². The van der Waals surface area contributed by atoms with Crippen LogP contribution in [0.3, 0.4) is 0 Å². The minimum Gasteiger partial charge on any atom is -0.493 e. The highest BCUT2D eigenvalue weighted by Gasteiger charge is 2.16. The van der Waals surface area contributed by atoms with Gasteiger partial charge in [-0.2, -0.15) is 0 Å². The maximum atomic E-state index is 12.3. The molecule has 0 aliphatic carbocycles. The van der Waals surface area contributed by atoms with Gasteiger partial charge in [-0.15, -0.1) is 12.4 Å². The summed E-state index contributed by atoms with van der Waals surface area (Å²) in [7, 11) is 3.70. The zero-order chi connectivity index (χ0) is 20.5. The van der Waals surface area contributed by atoms with Crippen molar-refractivity contribution in [3.05, 3.63) is 59.7 Å². The SMILES string of the molecule is COc1cc(CN(C)CCC(=O)N2CCNCC2)ccc1OCc1ccccc1.Cl. The Hall–Kier alpha value is -2.28. The molecular formula is C23H32ClN3O3. The number of rotatable bonds is 9. The second-order valence-electron chi connectivity index (χ2n) is 7.38. The Morgan fingerprint density at radius 2 is 1.80 bits per heavy atom. The molecule has 1 aliphatic rings. The number of methoxy groups -OCH3 is 1. The maximum absolute atomic E-state index is 12.3. The number of hydrogen-bond acceptors (Lipinski definition) is 5. The first kappa shape index (κ1) is 24.0. The van der Waals surface area contributed by atoms with Crippen LogP contribution in [-0.2, 0) is 17.9 Å². The van der Waals surface area contributed by atoms with Crippen molar-refractivity contribution in [2.75, 3.05) is 46.9 Å². The number of amides is 1. The molecule has 164 valence electrons. The third kappa shape index (κ3) is 7.20. The van der Waals surface area contributed by atoms with Crippen LogP contribution >= 0.6 is 12.4 Å². The third-order valence-corrected chi connectivity index (χ3v) is 5.09.